The zero-order valence-electron chi connectivity index (χ0n) is 23.7. The van der Waals surface area contributed by atoms with Gasteiger partial charge in [-0.25, -0.2) is 9.78 Å². The van der Waals surface area contributed by atoms with Gasteiger partial charge in [-0.3, -0.25) is 9.69 Å². The Morgan fingerprint density at radius 3 is 2.50 bits per heavy atom. The summed E-state index contributed by atoms with van der Waals surface area (Å²) < 4.78 is 41.9. The maximum absolute atomic E-state index is 13.2. The molecule has 2 aliphatic rings. The molecule has 2 heterocycles. The lowest BCUT2D eigenvalue weighted by atomic mass is 9.96. The Morgan fingerprint density at radius 1 is 1.07 bits per heavy atom. The Hall–Kier alpha value is -3.76. The highest BCUT2D eigenvalue weighted by atomic mass is 35.5. The predicted octanol–water partition coefficient (Wildman–Crippen LogP) is 5.87. The van der Waals surface area contributed by atoms with Crippen molar-refractivity contribution in [1.29, 1.82) is 0 Å². The molecule has 1 aliphatic heterocycles. The van der Waals surface area contributed by atoms with Gasteiger partial charge in [0.15, 0.2) is 11.5 Å². The first kappa shape index (κ1) is 31.2. The molecular weight excluding hydrogens is 568 g/mol. The van der Waals surface area contributed by atoms with Gasteiger partial charge < -0.3 is 19.1 Å². The molecule has 2 atom stereocenters. The molecule has 0 radical (unpaired) electrons. The number of alkyl halides is 2. The highest BCUT2D eigenvalue weighted by Crippen LogP contribution is 2.38. The van der Waals surface area contributed by atoms with Gasteiger partial charge in [-0.2, -0.15) is 8.78 Å². The largest absolute Gasteiger partial charge is 0.489 e. The minimum Gasteiger partial charge on any atom is -0.489 e. The fourth-order valence-electron chi connectivity index (χ4n) is 4.91. The molecule has 2 unspecified atom stereocenters. The number of esters is 1. The van der Waals surface area contributed by atoms with E-state index in [0.717, 1.165) is 29.7 Å². The van der Waals surface area contributed by atoms with Crippen LogP contribution in [0.25, 0.3) is 0 Å². The number of anilines is 1. The van der Waals surface area contributed by atoms with Gasteiger partial charge in [-0.05, 0) is 81.0 Å². The number of amides is 1. The number of likely N-dealkylation sites (N-methyl/N-ethyl adjacent to an activating group) is 1. The van der Waals surface area contributed by atoms with Gasteiger partial charge in [0, 0.05) is 25.3 Å². The van der Waals surface area contributed by atoms with Crippen LogP contribution in [0.4, 0.5) is 14.5 Å². The number of halogens is 3. The van der Waals surface area contributed by atoms with Crippen molar-refractivity contribution in [3.63, 3.8) is 0 Å². The third-order valence-electron chi connectivity index (χ3n) is 7.52. The average Bonchev–Trinajstić information content (AvgIpc) is 3.70. The molecule has 11 heteroatoms. The van der Waals surface area contributed by atoms with Gasteiger partial charge in [-0.15, -0.1) is 12.4 Å². The smallest absolute Gasteiger partial charge is 0.387 e. The van der Waals surface area contributed by atoms with Crippen LogP contribution in [0.3, 0.4) is 0 Å². The predicted molar refractivity (Wildman–Crippen MR) is 156 cm³/mol. The van der Waals surface area contributed by atoms with Crippen molar-refractivity contribution in [2.45, 2.75) is 44.8 Å². The molecule has 2 aromatic carbocycles. The molecule has 0 spiro atoms. The first-order valence-electron chi connectivity index (χ1n) is 13.6. The van der Waals surface area contributed by atoms with Crippen molar-refractivity contribution >= 4 is 30.0 Å². The summed E-state index contributed by atoms with van der Waals surface area (Å²) in [6.45, 7) is 0.0340. The SMILES string of the molecule is Cc1ccc(N(C)C(=O)c2cccc(OC(=O)C3CC(c4ccc(OC(F)F)c(OCC5CC5)c4)CN3C)n2)cc1.Cl. The quantitative estimate of drug-likeness (QED) is 0.269. The highest BCUT2D eigenvalue weighted by Gasteiger charge is 2.37. The lowest BCUT2D eigenvalue weighted by Gasteiger charge is -2.18. The molecule has 1 aromatic heterocycles. The topological polar surface area (TPSA) is 81.2 Å². The first-order chi connectivity index (χ1) is 19.7. The summed E-state index contributed by atoms with van der Waals surface area (Å²) >= 11 is 0. The molecule has 1 saturated carbocycles. The van der Waals surface area contributed by atoms with Crippen LogP contribution in [0.15, 0.2) is 60.7 Å². The molecule has 42 heavy (non-hydrogen) atoms. The van der Waals surface area contributed by atoms with E-state index >= 15 is 0 Å². The molecule has 1 amide bonds. The van der Waals surface area contributed by atoms with Gasteiger partial charge in [0.1, 0.15) is 11.7 Å². The van der Waals surface area contributed by atoms with Crippen LogP contribution in [-0.2, 0) is 4.79 Å². The molecule has 1 aliphatic carbocycles. The van der Waals surface area contributed by atoms with Gasteiger partial charge >= 0.3 is 12.6 Å². The van der Waals surface area contributed by atoms with Crippen LogP contribution in [0.1, 0.15) is 46.8 Å². The number of likely N-dealkylation sites (tertiary alicyclic amines) is 1. The van der Waals surface area contributed by atoms with E-state index in [-0.39, 0.29) is 47.3 Å². The average molecular weight is 602 g/mol. The molecule has 1 saturated heterocycles. The van der Waals surface area contributed by atoms with E-state index in [9.17, 15) is 18.4 Å². The van der Waals surface area contributed by atoms with Crippen LogP contribution < -0.4 is 19.1 Å². The summed E-state index contributed by atoms with van der Waals surface area (Å²) in [4.78, 5) is 33.9. The number of carbonyl (C=O) groups excluding carboxylic acids is 2. The molecule has 0 bridgehead atoms. The maximum atomic E-state index is 13.2. The fourth-order valence-corrected chi connectivity index (χ4v) is 4.91. The second-order valence-electron chi connectivity index (χ2n) is 10.7. The first-order valence-corrected chi connectivity index (χ1v) is 13.6. The number of carbonyl (C=O) groups is 2. The number of aryl methyl sites for hydroxylation is 1. The Kier molecular flexibility index (Phi) is 10.0. The molecular formula is C31H34ClF2N3O5. The van der Waals surface area contributed by atoms with E-state index in [1.807, 2.05) is 43.1 Å². The van der Waals surface area contributed by atoms with E-state index in [1.54, 1.807) is 31.3 Å². The van der Waals surface area contributed by atoms with Gasteiger partial charge in [0.25, 0.3) is 5.91 Å². The summed E-state index contributed by atoms with van der Waals surface area (Å²) in [6, 6.07) is 16.7. The number of hydrogen-bond acceptors (Lipinski definition) is 7. The van der Waals surface area contributed by atoms with Crippen LogP contribution in [0.2, 0.25) is 0 Å². The number of nitrogens with zero attached hydrogens (tertiary/aromatic N) is 3. The molecule has 0 N–H and O–H groups in total. The molecule has 5 rings (SSSR count). The highest BCUT2D eigenvalue weighted by molar-refractivity contribution is 6.04. The number of aromatic nitrogens is 1. The van der Waals surface area contributed by atoms with Crippen LogP contribution in [0, 0.1) is 12.8 Å². The third kappa shape index (κ3) is 7.54. The third-order valence-corrected chi connectivity index (χ3v) is 7.52. The van der Waals surface area contributed by atoms with Gasteiger partial charge in [-0.1, -0.05) is 29.8 Å². The number of hydrogen-bond donors (Lipinski definition) is 0. The van der Waals surface area contributed by atoms with E-state index < -0.39 is 18.6 Å². The zero-order chi connectivity index (χ0) is 29.1. The standard InChI is InChI=1S/C31H33F2N3O5.ClH/c1-19-7-12-23(13-8-19)36(3)29(37)24-5-4-6-28(34-24)41-30(38)25-15-22(17-35(25)2)21-11-14-26(40-31(32)33)27(16-21)39-18-20-9-10-20;/h4-8,11-14,16,20,22,25,31H,9-10,15,17-18H2,1-3H3;1H. The number of pyridine rings is 1. The zero-order valence-corrected chi connectivity index (χ0v) is 24.5. The van der Waals surface area contributed by atoms with Crippen molar-refractivity contribution in [1.82, 2.24) is 9.88 Å². The summed E-state index contributed by atoms with van der Waals surface area (Å²) in [5, 5.41) is 0. The monoisotopic (exact) mass is 601 g/mol. The Labute approximate surface area is 250 Å². The van der Waals surface area contributed by atoms with Crippen LogP contribution >= 0.6 is 12.4 Å². The van der Waals surface area contributed by atoms with Crippen molar-refractivity contribution in [2.24, 2.45) is 5.92 Å². The maximum Gasteiger partial charge on any atom is 0.387 e. The van der Waals surface area contributed by atoms with Crippen molar-refractivity contribution in [3.8, 4) is 17.4 Å². The van der Waals surface area contributed by atoms with Gasteiger partial charge in [0.05, 0.1) is 6.61 Å². The van der Waals surface area contributed by atoms with Crippen LogP contribution in [0.5, 0.6) is 17.4 Å². The Balaban J connectivity index is 0.00000405. The normalized spacial score (nSPS) is 18.3. The number of rotatable bonds is 10. The summed E-state index contributed by atoms with van der Waals surface area (Å²) in [6.07, 6.45) is 2.59. The number of benzene rings is 2. The Morgan fingerprint density at radius 2 is 1.81 bits per heavy atom. The molecule has 8 nitrogen and oxygen atoms in total. The van der Waals surface area contributed by atoms with E-state index in [2.05, 4.69) is 9.72 Å². The lowest BCUT2D eigenvalue weighted by molar-refractivity contribution is -0.139. The van der Waals surface area contributed by atoms with E-state index in [0.29, 0.717) is 25.5 Å². The minimum atomic E-state index is -2.95. The van der Waals surface area contributed by atoms with Crippen LogP contribution in [-0.4, -0.2) is 61.7 Å². The Bertz CT molecular complexity index is 1400. The molecule has 2 fully saturated rings. The fraction of sp³-hybridized carbons (Fsp3) is 0.387. The summed E-state index contributed by atoms with van der Waals surface area (Å²) in [5.41, 5.74) is 2.82. The van der Waals surface area contributed by atoms with Crippen molar-refractivity contribution < 1.29 is 32.6 Å². The summed E-state index contributed by atoms with van der Waals surface area (Å²) in [5.74, 6) is -0.0968. The second kappa shape index (κ2) is 13.5. The molecule has 224 valence electrons. The second-order valence-corrected chi connectivity index (χ2v) is 10.7. The van der Waals surface area contributed by atoms with E-state index in [4.69, 9.17) is 9.47 Å². The molecule has 3 aromatic rings. The minimum absolute atomic E-state index is 0. The number of ether oxygens (including phenoxy) is 3. The summed E-state index contributed by atoms with van der Waals surface area (Å²) in [7, 11) is 3.49. The van der Waals surface area contributed by atoms with Crippen molar-refractivity contribution in [2.75, 3.05) is 32.1 Å². The van der Waals surface area contributed by atoms with Crippen molar-refractivity contribution in [3.05, 3.63) is 77.5 Å². The van der Waals surface area contributed by atoms with Gasteiger partial charge in [0.2, 0.25) is 5.88 Å². The van der Waals surface area contributed by atoms with E-state index in [1.165, 1.54) is 17.0 Å². The lowest BCUT2D eigenvalue weighted by Crippen LogP contribution is -2.36.